The fraction of sp³-hybridized carbons (Fsp3) is 0.500. The monoisotopic (exact) mass is 347 g/mol. The molecule has 6 nitrogen and oxygen atoms in total. The zero-order valence-corrected chi connectivity index (χ0v) is 14.3. The number of anilines is 1. The number of aryl methyl sites for hydroxylation is 1. The molecule has 0 spiro atoms. The Morgan fingerprint density at radius 2 is 2.05 bits per heavy atom. The molecule has 0 bridgehead atoms. The molecule has 4 N–H and O–H groups in total. The maximum atomic E-state index is 12.2. The fourth-order valence-corrected chi connectivity index (χ4v) is 3.17. The summed E-state index contributed by atoms with van der Waals surface area (Å²) >= 11 is 0. The molecule has 1 aliphatic rings. The molecule has 0 saturated heterocycles. The van der Waals surface area contributed by atoms with Gasteiger partial charge in [-0.05, 0) is 43.4 Å². The Hall–Kier alpha value is -1.15. The first kappa shape index (κ1) is 18.9. The molecule has 2 rings (SSSR count). The molecule has 1 amide bonds. The molecular formula is C14H22ClN3O3S. The third-order valence-electron chi connectivity index (χ3n) is 3.57. The summed E-state index contributed by atoms with van der Waals surface area (Å²) in [7, 11) is -3.62. The lowest BCUT2D eigenvalue weighted by molar-refractivity contribution is -0.114. The van der Waals surface area contributed by atoms with Crippen molar-refractivity contribution >= 4 is 34.0 Å². The first-order chi connectivity index (χ1) is 9.79. The number of amides is 1. The molecular weight excluding hydrogens is 326 g/mol. The zero-order valence-electron chi connectivity index (χ0n) is 12.6. The molecule has 0 radical (unpaired) electrons. The Kier molecular flexibility index (Phi) is 6.37. The third kappa shape index (κ3) is 4.95. The van der Waals surface area contributed by atoms with Crippen LogP contribution in [0.25, 0.3) is 0 Å². The van der Waals surface area contributed by atoms with Crippen molar-refractivity contribution in [3.8, 4) is 0 Å². The number of carbonyl (C=O) groups excluding carboxylic acids is 1. The number of benzene rings is 1. The average Bonchev–Trinajstić information content (AvgIpc) is 3.22. The highest BCUT2D eigenvalue weighted by atomic mass is 35.5. The average molecular weight is 348 g/mol. The van der Waals surface area contributed by atoms with Crippen molar-refractivity contribution in [1.29, 1.82) is 0 Å². The number of hydrogen-bond acceptors (Lipinski definition) is 4. The summed E-state index contributed by atoms with van der Waals surface area (Å²) in [5.74, 6) is 0.192. The van der Waals surface area contributed by atoms with Crippen LogP contribution in [-0.4, -0.2) is 26.9 Å². The van der Waals surface area contributed by atoms with Gasteiger partial charge in [-0.2, -0.15) is 0 Å². The molecule has 1 saturated carbocycles. The van der Waals surface area contributed by atoms with E-state index in [2.05, 4.69) is 10.0 Å². The van der Waals surface area contributed by atoms with E-state index in [1.54, 1.807) is 13.0 Å². The lowest BCUT2D eigenvalue weighted by Gasteiger charge is -2.13. The summed E-state index contributed by atoms with van der Waals surface area (Å²) in [6.45, 7) is 3.42. The Bertz CT molecular complexity index is 645. The highest BCUT2D eigenvalue weighted by Crippen LogP contribution is 2.31. The van der Waals surface area contributed by atoms with Gasteiger partial charge in [-0.15, -0.1) is 12.4 Å². The van der Waals surface area contributed by atoms with Gasteiger partial charge in [-0.25, -0.2) is 13.1 Å². The molecule has 1 atom stereocenters. The lowest BCUT2D eigenvalue weighted by Crippen LogP contribution is -2.38. The van der Waals surface area contributed by atoms with Crippen LogP contribution in [0.2, 0.25) is 0 Å². The second-order valence-electron chi connectivity index (χ2n) is 5.51. The van der Waals surface area contributed by atoms with Gasteiger partial charge in [-0.1, -0.05) is 6.07 Å². The topological polar surface area (TPSA) is 101 Å². The standard InChI is InChI=1S/C14H21N3O3S.ClH/c1-9-3-6-12(7-14(9)17-10(2)18)21(19,20)16-8-13(15)11-4-5-11;/h3,6-7,11,13,16H,4-5,8,15H2,1-2H3,(H,17,18);1H. The normalized spacial score (nSPS) is 15.8. The summed E-state index contributed by atoms with van der Waals surface area (Å²) in [5, 5.41) is 2.62. The molecule has 1 aromatic rings. The Labute approximate surface area is 137 Å². The van der Waals surface area contributed by atoms with Crippen molar-refractivity contribution in [2.24, 2.45) is 11.7 Å². The van der Waals surface area contributed by atoms with Crippen molar-refractivity contribution in [3.05, 3.63) is 23.8 Å². The number of nitrogens with one attached hydrogen (secondary N) is 2. The van der Waals surface area contributed by atoms with Gasteiger partial charge in [0.1, 0.15) is 0 Å². The molecule has 0 aliphatic heterocycles. The summed E-state index contributed by atoms with van der Waals surface area (Å²) in [6.07, 6.45) is 2.14. The highest BCUT2D eigenvalue weighted by molar-refractivity contribution is 7.89. The Balaban J connectivity index is 0.00000242. The van der Waals surface area contributed by atoms with Crippen LogP contribution in [-0.2, 0) is 14.8 Å². The number of hydrogen-bond donors (Lipinski definition) is 3. The molecule has 8 heteroatoms. The first-order valence-electron chi connectivity index (χ1n) is 6.93. The molecule has 1 fully saturated rings. The second kappa shape index (κ2) is 7.41. The van der Waals surface area contributed by atoms with E-state index in [4.69, 9.17) is 5.73 Å². The lowest BCUT2D eigenvalue weighted by atomic mass is 10.2. The van der Waals surface area contributed by atoms with E-state index in [1.165, 1.54) is 19.1 Å². The van der Waals surface area contributed by atoms with Crippen LogP contribution in [0.3, 0.4) is 0 Å². The smallest absolute Gasteiger partial charge is 0.240 e. The fourth-order valence-electron chi connectivity index (χ4n) is 2.07. The van der Waals surface area contributed by atoms with Gasteiger partial charge in [-0.3, -0.25) is 4.79 Å². The van der Waals surface area contributed by atoms with Gasteiger partial charge >= 0.3 is 0 Å². The summed E-state index contributed by atoms with van der Waals surface area (Å²) in [5.41, 5.74) is 7.20. The van der Waals surface area contributed by atoms with Crippen LogP contribution < -0.4 is 15.8 Å². The largest absolute Gasteiger partial charge is 0.326 e. The van der Waals surface area contributed by atoms with Crippen molar-refractivity contribution in [2.75, 3.05) is 11.9 Å². The van der Waals surface area contributed by atoms with Crippen molar-refractivity contribution in [3.63, 3.8) is 0 Å². The Morgan fingerprint density at radius 3 is 2.59 bits per heavy atom. The van der Waals surface area contributed by atoms with Gasteiger partial charge in [0.15, 0.2) is 0 Å². The molecule has 1 aliphatic carbocycles. The van der Waals surface area contributed by atoms with Crippen LogP contribution in [0.4, 0.5) is 5.69 Å². The number of rotatable bonds is 6. The zero-order chi connectivity index (χ0) is 15.6. The van der Waals surface area contributed by atoms with Crippen LogP contribution in [0.1, 0.15) is 25.3 Å². The van der Waals surface area contributed by atoms with Crippen molar-refractivity contribution in [2.45, 2.75) is 37.6 Å². The maximum Gasteiger partial charge on any atom is 0.240 e. The molecule has 1 aromatic carbocycles. The minimum atomic E-state index is -3.62. The maximum absolute atomic E-state index is 12.2. The van der Waals surface area contributed by atoms with Gasteiger partial charge in [0.2, 0.25) is 15.9 Å². The van der Waals surface area contributed by atoms with E-state index in [0.717, 1.165) is 18.4 Å². The van der Waals surface area contributed by atoms with Gasteiger partial charge < -0.3 is 11.1 Å². The first-order valence-corrected chi connectivity index (χ1v) is 8.41. The van der Waals surface area contributed by atoms with Crippen LogP contribution in [0.15, 0.2) is 23.1 Å². The van der Waals surface area contributed by atoms with Crippen molar-refractivity contribution in [1.82, 2.24) is 4.72 Å². The molecule has 0 heterocycles. The Morgan fingerprint density at radius 1 is 1.41 bits per heavy atom. The van der Waals surface area contributed by atoms with E-state index in [0.29, 0.717) is 11.6 Å². The van der Waals surface area contributed by atoms with E-state index in [-0.39, 0.29) is 35.8 Å². The van der Waals surface area contributed by atoms with Crippen LogP contribution in [0.5, 0.6) is 0 Å². The van der Waals surface area contributed by atoms with E-state index in [9.17, 15) is 13.2 Å². The van der Waals surface area contributed by atoms with Gasteiger partial charge in [0.25, 0.3) is 0 Å². The summed E-state index contributed by atoms with van der Waals surface area (Å²) in [6, 6.07) is 4.51. The van der Waals surface area contributed by atoms with E-state index in [1.807, 2.05) is 0 Å². The minimum Gasteiger partial charge on any atom is -0.326 e. The number of carbonyl (C=O) groups is 1. The van der Waals surface area contributed by atoms with E-state index >= 15 is 0 Å². The summed E-state index contributed by atoms with van der Waals surface area (Å²) < 4.78 is 27.0. The minimum absolute atomic E-state index is 0. The van der Waals surface area contributed by atoms with E-state index < -0.39 is 10.0 Å². The molecule has 1 unspecified atom stereocenters. The van der Waals surface area contributed by atoms with Crippen molar-refractivity contribution < 1.29 is 13.2 Å². The highest BCUT2D eigenvalue weighted by Gasteiger charge is 2.29. The quantitative estimate of drug-likeness (QED) is 0.723. The predicted molar refractivity (Wildman–Crippen MR) is 88.6 cm³/mol. The van der Waals surface area contributed by atoms with Crippen LogP contribution >= 0.6 is 12.4 Å². The number of nitrogens with two attached hydrogens (primary N) is 1. The predicted octanol–water partition coefficient (Wildman–Crippen LogP) is 1.39. The SMILES string of the molecule is CC(=O)Nc1cc(S(=O)(=O)NCC(N)C2CC2)ccc1C.Cl. The molecule has 0 aromatic heterocycles. The summed E-state index contributed by atoms with van der Waals surface area (Å²) in [4.78, 5) is 11.3. The van der Waals surface area contributed by atoms with Gasteiger partial charge in [0, 0.05) is 25.2 Å². The molecule has 124 valence electrons. The molecule has 22 heavy (non-hydrogen) atoms. The number of halogens is 1. The second-order valence-corrected chi connectivity index (χ2v) is 7.28. The number of sulfonamides is 1. The van der Waals surface area contributed by atoms with Crippen LogP contribution in [0, 0.1) is 12.8 Å². The third-order valence-corrected chi connectivity index (χ3v) is 4.99. The van der Waals surface area contributed by atoms with Gasteiger partial charge in [0.05, 0.1) is 4.90 Å².